The molecule has 0 aliphatic heterocycles. The molecule has 0 fully saturated rings. The van der Waals surface area contributed by atoms with Crippen LogP contribution in [0.25, 0.3) is 0 Å². The summed E-state index contributed by atoms with van der Waals surface area (Å²) in [6.07, 6.45) is 0. The van der Waals surface area contributed by atoms with Crippen LogP contribution < -0.4 is 5.32 Å². The van der Waals surface area contributed by atoms with Crippen molar-refractivity contribution in [3.05, 3.63) is 68.7 Å². The SMILES string of the molecule is Cc1ccc([C@@H](C)NC(=O)CSCc2c(Cl)cccc2Cl)c(C)c1. The number of halogens is 2. The molecule has 0 spiro atoms. The third-order valence-electron chi connectivity index (χ3n) is 3.81. The van der Waals surface area contributed by atoms with Crippen LogP contribution in [0, 0.1) is 13.8 Å². The lowest BCUT2D eigenvalue weighted by Crippen LogP contribution is -2.28. The number of carbonyl (C=O) groups is 1. The van der Waals surface area contributed by atoms with Gasteiger partial charge in [-0.3, -0.25) is 4.79 Å². The normalized spacial score (nSPS) is 12.0. The van der Waals surface area contributed by atoms with E-state index in [-0.39, 0.29) is 11.9 Å². The molecule has 0 saturated carbocycles. The maximum absolute atomic E-state index is 12.2. The molecule has 24 heavy (non-hydrogen) atoms. The highest BCUT2D eigenvalue weighted by Crippen LogP contribution is 2.28. The summed E-state index contributed by atoms with van der Waals surface area (Å²) in [7, 11) is 0. The lowest BCUT2D eigenvalue weighted by Gasteiger charge is -2.17. The van der Waals surface area contributed by atoms with Crippen molar-refractivity contribution in [1.29, 1.82) is 0 Å². The summed E-state index contributed by atoms with van der Waals surface area (Å²) in [5.74, 6) is 0.997. The first-order chi connectivity index (χ1) is 11.4. The number of thioether (sulfide) groups is 1. The molecule has 0 aliphatic rings. The highest BCUT2D eigenvalue weighted by Gasteiger charge is 2.12. The van der Waals surface area contributed by atoms with Gasteiger partial charge in [-0.15, -0.1) is 11.8 Å². The van der Waals surface area contributed by atoms with Crippen LogP contribution in [0.3, 0.4) is 0 Å². The van der Waals surface area contributed by atoms with E-state index in [1.54, 1.807) is 0 Å². The lowest BCUT2D eigenvalue weighted by molar-refractivity contribution is -0.119. The first-order valence-electron chi connectivity index (χ1n) is 7.75. The van der Waals surface area contributed by atoms with Crippen molar-refractivity contribution < 1.29 is 4.79 Å². The van der Waals surface area contributed by atoms with E-state index in [1.807, 2.05) is 25.1 Å². The fourth-order valence-corrected chi connectivity index (χ4v) is 4.16. The van der Waals surface area contributed by atoms with Gasteiger partial charge in [-0.05, 0) is 49.6 Å². The van der Waals surface area contributed by atoms with Gasteiger partial charge in [0.05, 0.1) is 11.8 Å². The Hall–Kier alpha value is -1.16. The summed E-state index contributed by atoms with van der Waals surface area (Å²) in [6, 6.07) is 11.7. The average molecular weight is 382 g/mol. The highest BCUT2D eigenvalue weighted by atomic mass is 35.5. The Bertz CT molecular complexity index is 713. The van der Waals surface area contributed by atoms with Crippen LogP contribution in [0.4, 0.5) is 0 Å². The van der Waals surface area contributed by atoms with E-state index in [1.165, 1.54) is 22.9 Å². The number of carbonyl (C=O) groups excluding carboxylic acids is 1. The molecule has 1 amide bonds. The molecule has 0 radical (unpaired) electrons. The molecule has 0 heterocycles. The molecule has 2 aromatic carbocycles. The molecular formula is C19H21Cl2NOS. The summed E-state index contributed by atoms with van der Waals surface area (Å²) in [5.41, 5.74) is 4.44. The number of nitrogens with one attached hydrogen (secondary N) is 1. The van der Waals surface area contributed by atoms with Crippen LogP contribution >= 0.6 is 35.0 Å². The minimum Gasteiger partial charge on any atom is -0.349 e. The fraction of sp³-hybridized carbons (Fsp3) is 0.316. The van der Waals surface area contributed by atoms with Crippen molar-refractivity contribution in [3.8, 4) is 0 Å². The van der Waals surface area contributed by atoms with E-state index in [4.69, 9.17) is 23.2 Å². The molecule has 0 saturated heterocycles. The number of rotatable bonds is 6. The molecular weight excluding hydrogens is 361 g/mol. The van der Waals surface area contributed by atoms with Crippen molar-refractivity contribution in [1.82, 2.24) is 5.32 Å². The van der Waals surface area contributed by atoms with Gasteiger partial charge in [0.1, 0.15) is 0 Å². The number of hydrogen-bond acceptors (Lipinski definition) is 2. The number of hydrogen-bond donors (Lipinski definition) is 1. The molecule has 0 aromatic heterocycles. The molecule has 5 heteroatoms. The molecule has 1 atom stereocenters. The monoisotopic (exact) mass is 381 g/mol. The van der Waals surface area contributed by atoms with Gasteiger partial charge in [-0.1, -0.05) is 53.0 Å². The number of benzene rings is 2. The van der Waals surface area contributed by atoms with Gasteiger partial charge in [0.25, 0.3) is 0 Å². The van der Waals surface area contributed by atoms with Crippen LogP contribution in [0.15, 0.2) is 36.4 Å². The third-order valence-corrected chi connectivity index (χ3v) is 5.48. The van der Waals surface area contributed by atoms with Crippen molar-refractivity contribution in [2.24, 2.45) is 0 Å². The van der Waals surface area contributed by atoms with Gasteiger partial charge < -0.3 is 5.32 Å². The average Bonchev–Trinajstić information content (AvgIpc) is 2.50. The van der Waals surface area contributed by atoms with Gasteiger partial charge in [0.15, 0.2) is 0 Å². The zero-order chi connectivity index (χ0) is 17.7. The van der Waals surface area contributed by atoms with Crippen LogP contribution in [-0.2, 0) is 10.5 Å². The molecule has 0 unspecified atom stereocenters. The molecule has 2 aromatic rings. The zero-order valence-corrected chi connectivity index (χ0v) is 16.4. The second-order valence-electron chi connectivity index (χ2n) is 5.84. The van der Waals surface area contributed by atoms with E-state index in [9.17, 15) is 4.79 Å². The summed E-state index contributed by atoms with van der Waals surface area (Å²) in [6.45, 7) is 6.14. The summed E-state index contributed by atoms with van der Waals surface area (Å²) >= 11 is 13.8. The fourth-order valence-electron chi connectivity index (χ4n) is 2.59. The molecule has 2 rings (SSSR count). The van der Waals surface area contributed by atoms with Crippen molar-refractivity contribution in [2.75, 3.05) is 5.75 Å². The van der Waals surface area contributed by atoms with E-state index >= 15 is 0 Å². The van der Waals surface area contributed by atoms with E-state index < -0.39 is 0 Å². The Morgan fingerprint density at radius 3 is 2.46 bits per heavy atom. The Balaban J connectivity index is 1.87. The van der Waals surface area contributed by atoms with Crippen molar-refractivity contribution >= 4 is 40.9 Å². The Morgan fingerprint density at radius 1 is 1.17 bits per heavy atom. The van der Waals surface area contributed by atoms with Gasteiger partial charge >= 0.3 is 0 Å². The van der Waals surface area contributed by atoms with Crippen molar-refractivity contribution in [3.63, 3.8) is 0 Å². The minimum absolute atomic E-state index is 0.00986. The maximum atomic E-state index is 12.2. The standard InChI is InChI=1S/C19H21Cl2NOS/c1-12-7-8-15(13(2)9-12)14(3)22-19(23)11-24-10-16-17(20)5-4-6-18(16)21/h4-9,14H,10-11H2,1-3H3,(H,22,23)/t14-/m1/s1. The summed E-state index contributed by atoms with van der Waals surface area (Å²) < 4.78 is 0. The lowest BCUT2D eigenvalue weighted by atomic mass is 10.0. The third kappa shape index (κ3) is 5.17. The molecule has 0 aliphatic carbocycles. The maximum Gasteiger partial charge on any atom is 0.230 e. The molecule has 2 nitrogen and oxygen atoms in total. The second kappa shape index (κ2) is 8.80. The predicted molar refractivity (Wildman–Crippen MR) is 105 cm³/mol. The van der Waals surface area contributed by atoms with Crippen molar-refractivity contribution in [2.45, 2.75) is 32.6 Å². The topological polar surface area (TPSA) is 29.1 Å². The highest BCUT2D eigenvalue weighted by molar-refractivity contribution is 7.99. The van der Waals surface area contributed by atoms with E-state index in [0.717, 1.165) is 11.1 Å². The van der Waals surface area contributed by atoms with Crippen LogP contribution in [0.1, 0.15) is 35.2 Å². The number of aryl methyl sites for hydroxylation is 2. The first-order valence-corrected chi connectivity index (χ1v) is 9.66. The zero-order valence-electron chi connectivity index (χ0n) is 14.0. The Kier molecular flexibility index (Phi) is 7.02. The van der Waals surface area contributed by atoms with Crippen LogP contribution in [0.5, 0.6) is 0 Å². The van der Waals surface area contributed by atoms with Gasteiger partial charge in [0.2, 0.25) is 5.91 Å². The van der Waals surface area contributed by atoms with E-state index in [2.05, 4.69) is 37.4 Å². The largest absolute Gasteiger partial charge is 0.349 e. The second-order valence-corrected chi connectivity index (χ2v) is 7.64. The Morgan fingerprint density at radius 2 is 1.83 bits per heavy atom. The molecule has 128 valence electrons. The summed E-state index contributed by atoms with van der Waals surface area (Å²) in [4.78, 5) is 12.2. The van der Waals surface area contributed by atoms with E-state index in [0.29, 0.717) is 21.6 Å². The molecule has 0 bridgehead atoms. The smallest absolute Gasteiger partial charge is 0.230 e. The predicted octanol–water partition coefficient (Wildman–Crippen LogP) is 5.72. The summed E-state index contributed by atoms with van der Waals surface area (Å²) in [5, 5.41) is 4.32. The quantitative estimate of drug-likeness (QED) is 0.692. The number of amides is 1. The minimum atomic E-state index is -0.0115. The van der Waals surface area contributed by atoms with Crippen LogP contribution in [0.2, 0.25) is 10.0 Å². The van der Waals surface area contributed by atoms with Crippen LogP contribution in [-0.4, -0.2) is 11.7 Å². The Labute approximate surface area is 157 Å². The van der Waals surface area contributed by atoms with Gasteiger partial charge in [-0.25, -0.2) is 0 Å². The van der Waals surface area contributed by atoms with Gasteiger partial charge in [-0.2, -0.15) is 0 Å². The first kappa shape index (κ1) is 19.2. The van der Waals surface area contributed by atoms with Gasteiger partial charge in [0, 0.05) is 15.8 Å². The molecule has 1 N–H and O–H groups in total.